The van der Waals surface area contributed by atoms with Crippen molar-refractivity contribution < 1.29 is 40.0 Å². The van der Waals surface area contributed by atoms with Crippen molar-refractivity contribution in [3.8, 4) is 22.5 Å². The number of H-pyrrole nitrogens is 1. The van der Waals surface area contributed by atoms with Crippen LogP contribution in [0.4, 0.5) is 0 Å². The van der Waals surface area contributed by atoms with Gasteiger partial charge in [-0.2, -0.15) is 5.21 Å². The molecule has 242 valence electrons. The van der Waals surface area contributed by atoms with Crippen LogP contribution < -0.4 is 0 Å². The lowest BCUT2D eigenvalue weighted by molar-refractivity contribution is -0.527. The van der Waals surface area contributed by atoms with Gasteiger partial charge >= 0.3 is 5.97 Å². The van der Waals surface area contributed by atoms with Gasteiger partial charge in [0.15, 0.2) is 5.15 Å². The Morgan fingerprint density at radius 3 is 2.47 bits per heavy atom. The van der Waals surface area contributed by atoms with Crippen molar-refractivity contribution in [3.05, 3.63) is 70.8 Å². The van der Waals surface area contributed by atoms with Crippen molar-refractivity contribution in [1.82, 2.24) is 41.0 Å². The number of carbonyl (C=O) groups is 1. The van der Waals surface area contributed by atoms with E-state index in [1.807, 2.05) is 53.1 Å². The molecule has 0 amide bonds. The van der Waals surface area contributed by atoms with Crippen LogP contribution >= 0.6 is 11.6 Å². The van der Waals surface area contributed by atoms with Gasteiger partial charge in [0.1, 0.15) is 25.1 Å². The van der Waals surface area contributed by atoms with Crippen LogP contribution in [0.2, 0.25) is 5.15 Å². The zero-order valence-corrected chi connectivity index (χ0v) is 25.2. The van der Waals surface area contributed by atoms with Crippen LogP contribution in [0.3, 0.4) is 0 Å². The smallest absolute Gasteiger partial charge is 0.306 e. The number of hydrogen-bond donors (Lipinski definition) is 5. The summed E-state index contributed by atoms with van der Waals surface area (Å²) in [5.74, 6) is 0.777. The van der Waals surface area contributed by atoms with E-state index in [1.54, 1.807) is 0 Å². The van der Waals surface area contributed by atoms with E-state index in [2.05, 4.69) is 42.2 Å². The maximum absolute atomic E-state index is 12.6. The summed E-state index contributed by atoms with van der Waals surface area (Å²) < 4.78 is 7.49. The maximum atomic E-state index is 12.6. The third kappa shape index (κ3) is 10.1. The predicted molar refractivity (Wildman–Crippen MR) is 155 cm³/mol. The van der Waals surface area contributed by atoms with Crippen molar-refractivity contribution in [2.75, 3.05) is 6.61 Å². The molecular weight excluding hydrogens is 612 g/mol. The van der Waals surface area contributed by atoms with Crippen LogP contribution in [0.15, 0.2) is 48.5 Å². The molecule has 16 nitrogen and oxygen atoms in total. The van der Waals surface area contributed by atoms with Gasteiger partial charge in [-0.3, -0.25) is 25.6 Å². The number of benzene rings is 2. The number of unbranched alkanes of at least 4 members (excludes halogenated alkanes) is 1. The number of ether oxygens (including phenoxy) is 1. The molecule has 0 saturated heterocycles. The lowest BCUT2D eigenvalue weighted by Gasteiger charge is -2.18. The quantitative estimate of drug-likeness (QED) is 0.0752. The van der Waals surface area contributed by atoms with Gasteiger partial charge in [-0.25, -0.2) is 14.7 Å². The van der Waals surface area contributed by atoms with Gasteiger partial charge in [0, 0.05) is 24.9 Å². The fourth-order valence-corrected chi connectivity index (χ4v) is 4.93. The molecule has 0 spiro atoms. The molecule has 17 heteroatoms. The Morgan fingerprint density at radius 2 is 1.80 bits per heavy atom. The Kier molecular flexibility index (Phi) is 12.9. The first kappa shape index (κ1) is 34.0. The number of aromatic amines is 1. The highest BCUT2D eigenvalue weighted by atomic mass is 35.5. The summed E-state index contributed by atoms with van der Waals surface area (Å²) in [4.78, 5) is 26.2. The van der Waals surface area contributed by atoms with Crippen LogP contribution in [0.25, 0.3) is 22.5 Å². The Hall–Kier alpha value is -3.84. The molecule has 2 aromatic heterocycles. The lowest BCUT2D eigenvalue weighted by Crippen LogP contribution is -2.31. The zero-order chi connectivity index (χ0) is 32.2. The first-order chi connectivity index (χ1) is 21.7. The van der Waals surface area contributed by atoms with E-state index in [9.17, 15) is 4.79 Å². The highest BCUT2D eigenvalue weighted by Gasteiger charge is 2.20. The van der Waals surface area contributed by atoms with Gasteiger partial charge in [-0.1, -0.05) is 73.5 Å². The molecule has 0 aliphatic rings. The second kappa shape index (κ2) is 17.0. The number of aryl methyl sites for hydroxylation is 1. The number of carbonyl (C=O) groups excluding carboxylic acids is 1. The summed E-state index contributed by atoms with van der Waals surface area (Å²) in [5.41, 5.74) is 4.37. The molecular formula is C28H35ClN8O8. The van der Waals surface area contributed by atoms with Gasteiger partial charge in [0.25, 0.3) is 0 Å². The number of tetrazole rings is 1. The molecule has 0 aliphatic heterocycles. The summed E-state index contributed by atoms with van der Waals surface area (Å²) in [6, 6.07) is 15.9. The number of halogens is 1. The molecule has 2 heterocycles. The van der Waals surface area contributed by atoms with Crippen LogP contribution in [0.5, 0.6) is 0 Å². The van der Waals surface area contributed by atoms with Crippen molar-refractivity contribution in [2.45, 2.75) is 64.7 Å². The van der Waals surface area contributed by atoms with Gasteiger partial charge in [0.05, 0.1) is 16.5 Å². The first-order valence-electron chi connectivity index (χ1n) is 14.2. The van der Waals surface area contributed by atoms with E-state index in [4.69, 9.17) is 37.2 Å². The van der Waals surface area contributed by atoms with Crippen molar-refractivity contribution in [1.29, 1.82) is 0 Å². The van der Waals surface area contributed by atoms with Crippen molar-refractivity contribution >= 4 is 17.6 Å². The fraction of sp³-hybridized carbons (Fsp3) is 0.393. The van der Waals surface area contributed by atoms with Gasteiger partial charge in [0.2, 0.25) is 5.82 Å². The molecule has 0 bridgehead atoms. The molecule has 0 radical (unpaired) electrons. The van der Waals surface area contributed by atoms with Crippen LogP contribution in [-0.4, -0.2) is 80.5 Å². The first-order valence-corrected chi connectivity index (χ1v) is 14.6. The molecule has 0 saturated carbocycles. The molecule has 45 heavy (non-hydrogen) atoms. The molecule has 1 unspecified atom stereocenters. The Morgan fingerprint density at radius 1 is 1.04 bits per heavy atom. The zero-order valence-electron chi connectivity index (χ0n) is 24.5. The minimum absolute atomic E-state index is 0.0279. The molecule has 0 aliphatic carbocycles. The van der Waals surface area contributed by atoms with E-state index >= 15 is 0 Å². The third-order valence-corrected chi connectivity index (χ3v) is 7.17. The van der Waals surface area contributed by atoms with E-state index in [1.165, 1.54) is 0 Å². The summed E-state index contributed by atoms with van der Waals surface area (Å²) in [7, 11) is 0. The second-order valence-corrected chi connectivity index (χ2v) is 10.4. The highest BCUT2D eigenvalue weighted by molar-refractivity contribution is 6.30. The average molecular weight is 647 g/mol. The minimum Gasteiger partial charge on any atom is -0.459 e. The standard InChI is InChI=1S/C28H35ClN8O8/c1-2-3-10-25-30-27(29)24(18-43-26(38)11-6-7-21(45-37(41)42)17-44-36(39)40)35(25)16-19-12-14-20(15-13-19)22-8-4-5-9-23(22)28-31-33-34-32-28/h4-5,8-9,12-15,21,39-42H,2-3,6-7,10-11,16-18H2,1H3,(H,31,32,33,34). The number of rotatable bonds is 18. The Balaban J connectivity index is 1.42. The number of esters is 1. The second-order valence-electron chi connectivity index (χ2n) is 10.0. The average Bonchev–Trinajstić information content (AvgIpc) is 3.66. The van der Waals surface area contributed by atoms with Gasteiger partial charge in [-0.15, -0.1) is 10.2 Å². The molecule has 4 rings (SSSR count). The van der Waals surface area contributed by atoms with E-state index in [0.29, 0.717) is 24.5 Å². The Labute approximate surface area is 263 Å². The molecule has 5 N–H and O–H groups in total. The molecule has 1 atom stereocenters. The summed E-state index contributed by atoms with van der Waals surface area (Å²) in [6.45, 7) is 2.03. The normalized spacial score (nSPS) is 12.3. The van der Waals surface area contributed by atoms with E-state index < -0.39 is 29.5 Å². The van der Waals surface area contributed by atoms with E-state index in [0.717, 1.165) is 40.9 Å². The van der Waals surface area contributed by atoms with Crippen LogP contribution in [0.1, 0.15) is 56.1 Å². The monoisotopic (exact) mass is 646 g/mol. The number of nitrogens with one attached hydrogen (secondary N) is 1. The number of nitrogens with zero attached hydrogens (tertiary/aromatic N) is 7. The SMILES string of the molecule is CCCCc1nc(Cl)c(COC(=O)CCCC(CON(O)O)ON(O)O)n1Cc1ccc(-c2ccccc2-c2nn[nH]n2)cc1. The summed E-state index contributed by atoms with van der Waals surface area (Å²) in [6.07, 6.45) is 1.89. The Bertz CT molecular complexity index is 1480. The van der Waals surface area contributed by atoms with Crippen LogP contribution in [0, 0.1) is 0 Å². The van der Waals surface area contributed by atoms with Crippen molar-refractivity contribution in [3.63, 3.8) is 0 Å². The maximum Gasteiger partial charge on any atom is 0.306 e. The summed E-state index contributed by atoms with van der Waals surface area (Å²) >= 11 is 6.53. The topological polar surface area (TPSA) is 204 Å². The number of hydrogen-bond acceptors (Lipinski definition) is 14. The van der Waals surface area contributed by atoms with Crippen molar-refractivity contribution in [2.24, 2.45) is 0 Å². The van der Waals surface area contributed by atoms with Gasteiger partial charge < -0.3 is 9.30 Å². The lowest BCUT2D eigenvalue weighted by atomic mass is 9.98. The van der Waals surface area contributed by atoms with E-state index in [-0.39, 0.29) is 31.0 Å². The molecule has 4 aromatic rings. The predicted octanol–water partition coefficient (Wildman–Crippen LogP) is 4.38. The minimum atomic E-state index is -0.995. The van der Waals surface area contributed by atoms with Crippen LogP contribution in [-0.2, 0) is 38.8 Å². The summed E-state index contributed by atoms with van der Waals surface area (Å²) in [5, 5.41) is 48.7. The number of aromatic nitrogens is 6. The van der Waals surface area contributed by atoms with Gasteiger partial charge in [-0.05, 0) is 41.2 Å². The largest absolute Gasteiger partial charge is 0.459 e. The fourth-order valence-electron chi connectivity index (χ4n) is 4.68. The third-order valence-electron chi connectivity index (χ3n) is 6.87. The molecule has 2 aromatic carbocycles. The number of imidazole rings is 1. The molecule has 0 fully saturated rings. The highest BCUT2D eigenvalue weighted by Crippen LogP contribution is 2.30.